The number of carbonyl (C=O) groups excluding carboxylic acids is 1. The highest BCUT2D eigenvalue weighted by molar-refractivity contribution is 9.10. The topological polar surface area (TPSA) is 86.7 Å². The van der Waals surface area contributed by atoms with E-state index in [9.17, 15) is 18.3 Å². The van der Waals surface area contributed by atoms with Crippen LogP contribution in [0.4, 0.5) is 0 Å². The van der Waals surface area contributed by atoms with E-state index in [0.29, 0.717) is 24.0 Å². The summed E-state index contributed by atoms with van der Waals surface area (Å²) in [5.41, 5.74) is 0.180. The van der Waals surface area contributed by atoms with Crippen molar-refractivity contribution in [1.82, 2.24) is 9.62 Å². The molecule has 0 radical (unpaired) electrons. The SMILES string of the molecule is CCS(=O)(=O)N(C)CCCNC(=O)c1cc(Br)ccc1O. The summed E-state index contributed by atoms with van der Waals surface area (Å²) in [6, 6.07) is 4.59. The summed E-state index contributed by atoms with van der Waals surface area (Å²) in [5, 5.41) is 12.3. The van der Waals surface area contributed by atoms with Gasteiger partial charge in [-0.3, -0.25) is 4.79 Å². The molecule has 0 aliphatic rings. The number of rotatable bonds is 7. The first-order valence-electron chi connectivity index (χ1n) is 6.48. The molecule has 0 atom stereocenters. The summed E-state index contributed by atoms with van der Waals surface area (Å²) in [4.78, 5) is 11.9. The Hall–Kier alpha value is -1.12. The molecule has 0 bridgehead atoms. The maximum Gasteiger partial charge on any atom is 0.255 e. The van der Waals surface area contributed by atoms with E-state index >= 15 is 0 Å². The third kappa shape index (κ3) is 5.29. The minimum absolute atomic E-state index is 0.0573. The maximum absolute atomic E-state index is 11.9. The monoisotopic (exact) mass is 378 g/mol. The second-order valence-corrected chi connectivity index (χ2v) is 7.77. The fourth-order valence-electron chi connectivity index (χ4n) is 1.65. The van der Waals surface area contributed by atoms with Crippen molar-refractivity contribution >= 4 is 31.9 Å². The van der Waals surface area contributed by atoms with E-state index in [1.54, 1.807) is 13.0 Å². The number of hydrogen-bond donors (Lipinski definition) is 2. The molecule has 0 fully saturated rings. The Morgan fingerprint density at radius 1 is 1.43 bits per heavy atom. The average molecular weight is 379 g/mol. The van der Waals surface area contributed by atoms with E-state index in [4.69, 9.17) is 0 Å². The second kappa shape index (κ2) is 7.77. The Morgan fingerprint density at radius 2 is 2.10 bits per heavy atom. The Morgan fingerprint density at radius 3 is 2.71 bits per heavy atom. The van der Waals surface area contributed by atoms with Crippen LogP contribution in [-0.4, -0.2) is 49.6 Å². The zero-order valence-corrected chi connectivity index (χ0v) is 14.4. The molecule has 8 heteroatoms. The molecule has 1 aromatic carbocycles. The van der Waals surface area contributed by atoms with E-state index in [1.807, 2.05) is 0 Å². The van der Waals surface area contributed by atoms with Crippen LogP contribution in [0.25, 0.3) is 0 Å². The predicted octanol–water partition coefficient (Wildman–Crippen LogP) is 1.56. The molecule has 21 heavy (non-hydrogen) atoms. The molecule has 1 amide bonds. The van der Waals surface area contributed by atoms with Crippen LogP contribution in [-0.2, 0) is 10.0 Å². The summed E-state index contributed by atoms with van der Waals surface area (Å²) in [7, 11) is -1.67. The first-order chi connectivity index (χ1) is 9.77. The number of sulfonamides is 1. The van der Waals surface area contributed by atoms with Gasteiger partial charge in [0, 0.05) is 24.6 Å². The van der Waals surface area contributed by atoms with Gasteiger partial charge in [-0.15, -0.1) is 0 Å². The van der Waals surface area contributed by atoms with Crippen molar-refractivity contribution in [2.45, 2.75) is 13.3 Å². The number of hydrogen-bond acceptors (Lipinski definition) is 4. The highest BCUT2D eigenvalue weighted by Crippen LogP contribution is 2.21. The lowest BCUT2D eigenvalue weighted by atomic mass is 10.2. The number of nitrogens with one attached hydrogen (secondary N) is 1. The quantitative estimate of drug-likeness (QED) is 0.704. The Kier molecular flexibility index (Phi) is 6.63. The molecule has 0 aliphatic carbocycles. The lowest BCUT2D eigenvalue weighted by molar-refractivity contribution is 0.0950. The number of aromatic hydroxyl groups is 1. The number of phenols is 1. The minimum atomic E-state index is -3.19. The summed E-state index contributed by atoms with van der Waals surface area (Å²) < 4.78 is 25.0. The molecule has 0 aromatic heterocycles. The Bertz CT molecular complexity index is 604. The van der Waals surface area contributed by atoms with E-state index in [0.717, 1.165) is 0 Å². The molecule has 0 unspecified atom stereocenters. The van der Waals surface area contributed by atoms with E-state index in [-0.39, 0.29) is 17.1 Å². The lowest BCUT2D eigenvalue weighted by Gasteiger charge is -2.15. The number of nitrogens with zero attached hydrogens (tertiary/aromatic N) is 1. The van der Waals surface area contributed by atoms with Crippen molar-refractivity contribution in [2.24, 2.45) is 0 Å². The largest absolute Gasteiger partial charge is 0.507 e. The molecular formula is C13H19BrN2O4S. The van der Waals surface area contributed by atoms with Gasteiger partial charge < -0.3 is 10.4 Å². The first-order valence-corrected chi connectivity index (χ1v) is 8.89. The van der Waals surface area contributed by atoms with Crippen LogP contribution in [0.15, 0.2) is 22.7 Å². The van der Waals surface area contributed by atoms with Crippen LogP contribution in [0.3, 0.4) is 0 Å². The van der Waals surface area contributed by atoms with Crippen LogP contribution >= 0.6 is 15.9 Å². The van der Waals surface area contributed by atoms with Gasteiger partial charge in [-0.2, -0.15) is 0 Å². The lowest BCUT2D eigenvalue weighted by Crippen LogP contribution is -2.32. The summed E-state index contributed by atoms with van der Waals surface area (Å²) >= 11 is 3.23. The molecular weight excluding hydrogens is 360 g/mol. The number of phenolic OH excluding ortho intramolecular Hbond substituents is 1. The smallest absolute Gasteiger partial charge is 0.255 e. The highest BCUT2D eigenvalue weighted by Gasteiger charge is 2.15. The number of amides is 1. The van der Waals surface area contributed by atoms with Crippen molar-refractivity contribution in [1.29, 1.82) is 0 Å². The molecule has 0 heterocycles. The van der Waals surface area contributed by atoms with Crippen molar-refractivity contribution < 1.29 is 18.3 Å². The molecule has 0 spiro atoms. The van der Waals surface area contributed by atoms with E-state index in [1.165, 1.54) is 23.5 Å². The van der Waals surface area contributed by atoms with Gasteiger partial charge in [-0.05, 0) is 31.5 Å². The van der Waals surface area contributed by atoms with Crippen LogP contribution in [0.5, 0.6) is 5.75 Å². The average Bonchev–Trinajstić information content (AvgIpc) is 2.45. The van der Waals surface area contributed by atoms with Crippen LogP contribution < -0.4 is 5.32 Å². The predicted molar refractivity (Wildman–Crippen MR) is 84.8 cm³/mol. The van der Waals surface area contributed by atoms with Gasteiger partial charge in [0.25, 0.3) is 5.91 Å². The van der Waals surface area contributed by atoms with E-state index < -0.39 is 15.9 Å². The molecule has 0 saturated heterocycles. The van der Waals surface area contributed by atoms with Crippen molar-refractivity contribution in [2.75, 3.05) is 25.9 Å². The summed E-state index contributed by atoms with van der Waals surface area (Å²) in [5.74, 6) is -0.432. The third-order valence-corrected chi connectivity index (χ3v) is 5.33. The van der Waals surface area contributed by atoms with Crippen molar-refractivity contribution in [3.8, 4) is 5.75 Å². The van der Waals surface area contributed by atoms with Crippen molar-refractivity contribution in [3.63, 3.8) is 0 Å². The standard InChI is InChI=1S/C13H19BrN2O4S/c1-3-21(19,20)16(2)8-4-7-15-13(18)11-9-10(14)5-6-12(11)17/h5-6,9,17H,3-4,7-8H2,1-2H3,(H,15,18). The second-order valence-electron chi connectivity index (χ2n) is 4.49. The number of halogens is 1. The van der Waals surface area contributed by atoms with Gasteiger partial charge in [-0.25, -0.2) is 12.7 Å². The normalized spacial score (nSPS) is 11.6. The van der Waals surface area contributed by atoms with Crippen LogP contribution in [0, 0.1) is 0 Å². The Balaban J connectivity index is 2.46. The summed E-state index contributed by atoms with van der Waals surface area (Å²) in [6.07, 6.45) is 0.496. The molecule has 0 aliphatic heterocycles. The molecule has 118 valence electrons. The van der Waals surface area contributed by atoms with Crippen LogP contribution in [0.2, 0.25) is 0 Å². The van der Waals surface area contributed by atoms with Gasteiger partial charge in [0.2, 0.25) is 10.0 Å². The third-order valence-electron chi connectivity index (χ3n) is 2.98. The van der Waals surface area contributed by atoms with Gasteiger partial charge in [-0.1, -0.05) is 15.9 Å². The zero-order valence-electron chi connectivity index (χ0n) is 12.0. The fourth-order valence-corrected chi connectivity index (χ4v) is 2.86. The van der Waals surface area contributed by atoms with Crippen LogP contribution in [0.1, 0.15) is 23.7 Å². The summed E-state index contributed by atoms with van der Waals surface area (Å²) in [6.45, 7) is 2.25. The first kappa shape index (κ1) is 17.9. The maximum atomic E-state index is 11.9. The van der Waals surface area contributed by atoms with Gasteiger partial charge in [0.05, 0.1) is 11.3 Å². The van der Waals surface area contributed by atoms with Gasteiger partial charge >= 0.3 is 0 Å². The number of benzene rings is 1. The van der Waals surface area contributed by atoms with E-state index in [2.05, 4.69) is 21.2 Å². The zero-order chi connectivity index (χ0) is 16.0. The Labute approximate surface area is 133 Å². The molecule has 0 saturated carbocycles. The molecule has 1 aromatic rings. The molecule has 6 nitrogen and oxygen atoms in total. The number of carbonyl (C=O) groups is 1. The highest BCUT2D eigenvalue weighted by atomic mass is 79.9. The van der Waals surface area contributed by atoms with Gasteiger partial charge in [0.15, 0.2) is 0 Å². The van der Waals surface area contributed by atoms with Crippen molar-refractivity contribution in [3.05, 3.63) is 28.2 Å². The van der Waals surface area contributed by atoms with Gasteiger partial charge in [0.1, 0.15) is 5.75 Å². The molecule has 1 rings (SSSR count). The minimum Gasteiger partial charge on any atom is -0.507 e. The molecule has 2 N–H and O–H groups in total. The fraction of sp³-hybridized carbons (Fsp3) is 0.462.